The largest absolute Gasteiger partial charge is 0.370 e. The predicted molar refractivity (Wildman–Crippen MR) is 27.5 cm³/mol. The average Bonchev–Trinajstić information content (AvgIpc) is 1.23. The average molecular weight is 100 g/mol. The predicted octanol–water partition coefficient (Wildman–Crippen LogP) is 0.286. The second kappa shape index (κ2) is 1.80. The molecule has 7 heavy (non-hydrogen) atoms. The Balaban J connectivity index is 2.14. The molecule has 1 fully saturated rings. The summed E-state index contributed by atoms with van der Waals surface area (Å²) in [6.07, 6.45) is 2.12. The van der Waals surface area contributed by atoms with E-state index in [1.165, 1.54) is 0 Å². The number of hydrogen-bond donors (Lipinski definition) is 1. The summed E-state index contributed by atoms with van der Waals surface area (Å²) in [4.78, 5) is 0. The van der Waals surface area contributed by atoms with Gasteiger partial charge in [-0.3, -0.25) is 0 Å². The second-order valence-electron chi connectivity index (χ2n) is 1.85. The fraction of sp³-hybridized carbons (Fsp3) is 0.800. The van der Waals surface area contributed by atoms with Gasteiger partial charge in [-0.05, 0) is 6.92 Å². The monoisotopic (exact) mass is 100 g/mol. The lowest BCUT2D eigenvalue weighted by molar-refractivity contribution is 0.0288. The molecule has 1 aliphatic heterocycles. The van der Waals surface area contributed by atoms with Crippen molar-refractivity contribution in [1.29, 1.82) is 0 Å². The summed E-state index contributed by atoms with van der Waals surface area (Å²) in [6.45, 7) is 2.81. The van der Waals surface area contributed by atoms with Crippen LogP contribution in [0.5, 0.6) is 0 Å². The lowest BCUT2D eigenvalue weighted by atomic mass is 10.1. The van der Waals surface area contributed by atoms with Crippen molar-refractivity contribution >= 4 is 0 Å². The standard InChI is InChI=1S/C5H10NO/c1-4(6)5-2-3-7-5/h4H,2-3,6H2,1H3. The summed E-state index contributed by atoms with van der Waals surface area (Å²) in [5, 5.41) is 0. The van der Waals surface area contributed by atoms with E-state index in [2.05, 4.69) is 0 Å². The van der Waals surface area contributed by atoms with Crippen LogP contribution in [0.4, 0.5) is 0 Å². The molecule has 1 radical (unpaired) electrons. The molecule has 41 valence electrons. The van der Waals surface area contributed by atoms with Gasteiger partial charge in [-0.15, -0.1) is 0 Å². The summed E-state index contributed by atoms with van der Waals surface area (Å²) in [6, 6.07) is 0.147. The maximum absolute atomic E-state index is 5.44. The molecule has 1 unspecified atom stereocenters. The van der Waals surface area contributed by atoms with Crippen LogP contribution in [-0.2, 0) is 4.74 Å². The van der Waals surface area contributed by atoms with Crippen molar-refractivity contribution in [3.8, 4) is 0 Å². The first-order valence-corrected chi connectivity index (χ1v) is 2.55. The fourth-order valence-corrected chi connectivity index (χ4v) is 0.579. The van der Waals surface area contributed by atoms with Gasteiger partial charge in [0.05, 0.1) is 6.61 Å². The zero-order valence-corrected chi connectivity index (χ0v) is 4.48. The third-order valence-electron chi connectivity index (χ3n) is 1.14. The molecule has 1 aliphatic rings. The fourth-order valence-electron chi connectivity index (χ4n) is 0.579. The maximum Gasteiger partial charge on any atom is 0.116 e. The van der Waals surface area contributed by atoms with Gasteiger partial charge < -0.3 is 10.5 Å². The molecule has 0 aromatic heterocycles. The summed E-state index contributed by atoms with van der Waals surface area (Å²) in [5.74, 6) is 0. The van der Waals surface area contributed by atoms with Crippen LogP contribution in [0.15, 0.2) is 0 Å². The van der Waals surface area contributed by atoms with E-state index in [0.29, 0.717) is 0 Å². The first-order valence-electron chi connectivity index (χ1n) is 2.55. The molecular weight excluding hydrogens is 90.1 g/mol. The van der Waals surface area contributed by atoms with Crippen LogP contribution in [0, 0.1) is 6.10 Å². The molecule has 0 amide bonds. The Morgan fingerprint density at radius 1 is 1.86 bits per heavy atom. The molecule has 2 nitrogen and oxygen atoms in total. The van der Waals surface area contributed by atoms with E-state index in [1.807, 2.05) is 6.92 Å². The molecule has 0 spiro atoms. The summed E-state index contributed by atoms with van der Waals surface area (Å²) >= 11 is 0. The Labute approximate surface area is 43.6 Å². The zero-order valence-electron chi connectivity index (χ0n) is 4.48. The molecule has 0 saturated carbocycles. The Hall–Kier alpha value is -0.0800. The van der Waals surface area contributed by atoms with Crippen molar-refractivity contribution in [2.75, 3.05) is 6.61 Å². The van der Waals surface area contributed by atoms with Crippen molar-refractivity contribution in [1.82, 2.24) is 0 Å². The lowest BCUT2D eigenvalue weighted by Gasteiger charge is -2.27. The highest BCUT2D eigenvalue weighted by Crippen LogP contribution is 2.21. The highest BCUT2D eigenvalue weighted by molar-refractivity contribution is 4.93. The van der Waals surface area contributed by atoms with E-state index < -0.39 is 0 Å². The number of ether oxygens (including phenoxy) is 1. The van der Waals surface area contributed by atoms with Gasteiger partial charge >= 0.3 is 0 Å². The molecule has 0 aromatic rings. The topological polar surface area (TPSA) is 35.2 Å². The van der Waals surface area contributed by atoms with Gasteiger partial charge in [0.2, 0.25) is 0 Å². The third-order valence-corrected chi connectivity index (χ3v) is 1.14. The SMILES string of the molecule is CC(N)[C]1CCO1. The van der Waals surface area contributed by atoms with Crippen molar-refractivity contribution in [3.63, 3.8) is 0 Å². The van der Waals surface area contributed by atoms with Crippen molar-refractivity contribution in [2.45, 2.75) is 19.4 Å². The van der Waals surface area contributed by atoms with E-state index in [-0.39, 0.29) is 6.04 Å². The maximum atomic E-state index is 5.44. The first kappa shape index (κ1) is 5.06. The van der Waals surface area contributed by atoms with E-state index in [9.17, 15) is 0 Å². The number of hydrogen-bond acceptors (Lipinski definition) is 2. The summed E-state index contributed by atoms with van der Waals surface area (Å²) < 4.78 is 4.98. The van der Waals surface area contributed by atoms with Gasteiger partial charge in [-0.2, -0.15) is 0 Å². The molecular formula is C5H10NO. The van der Waals surface area contributed by atoms with E-state index in [4.69, 9.17) is 10.5 Å². The van der Waals surface area contributed by atoms with Gasteiger partial charge in [0.15, 0.2) is 0 Å². The Morgan fingerprint density at radius 2 is 2.43 bits per heavy atom. The van der Waals surface area contributed by atoms with Crippen molar-refractivity contribution in [2.24, 2.45) is 5.73 Å². The minimum atomic E-state index is 0.147. The zero-order chi connectivity index (χ0) is 5.28. The van der Waals surface area contributed by atoms with E-state index >= 15 is 0 Å². The van der Waals surface area contributed by atoms with E-state index in [0.717, 1.165) is 19.1 Å². The van der Waals surface area contributed by atoms with Crippen LogP contribution in [0.1, 0.15) is 13.3 Å². The van der Waals surface area contributed by atoms with Crippen LogP contribution >= 0.6 is 0 Å². The highest BCUT2D eigenvalue weighted by Gasteiger charge is 2.22. The Kier molecular flexibility index (Phi) is 1.30. The quantitative estimate of drug-likeness (QED) is 0.514. The third kappa shape index (κ3) is 0.924. The molecule has 0 bridgehead atoms. The second-order valence-corrected chi connectivity index (χ2v) is 1.85. The molecule has 0 aromatic carbocycles. The van der Waals surface area contributed by atoms with Gasteiger partial charge in [0.25, 0.3) is 0 Å². The number of rotatable bonds is 1. The van der Waals surface area contributed by atoms with Gasteiger partial charge in [0, 0.05) is 12.5 Å². The van der Waals surface area contributed by atoms with Crippen LogP contribution < -0.4 is 5.73 Å². The summed E-state index contributed by atoms with van der Waals surface area (Å²) in [5.41, 5.74) is 5.44. The minimum Gasteiger partial charge on any atom is -0.370 e. The Morgan fingerprint density at radius 3 is 2.43 bits per heavy atom. The first-order chi connectivity index (χ1) is 3.30. The van der Waals surface area contributed by atoms with Gasteiger partial charge in [-0.25, -0.2) is 0 Å². The van der Waals surface area contributed by atoms with Gasteiger partial charge in [0.1, 0.15) is 6.10 Å². The van der Waals surface area contributed by atoms with Crippen molar-refractivity contribution in [3.05, 3.63) is 6.10 Å². The Bertz CT molecular complexity index is 59.1. The van der Waals surface area contributed by atoms with Crippen LogP contribution in [0.2, 0.25) is 0 Å². The van der Waals surface area contributed by atoms with Crippen LogP contribution in [0.3, 0.4) is 0 Å². The number of nitrogens with two attached hydrogens (primary N) is 1. The van der Waals surface area contributed by atoms with Gasteiger partial charge in [-0.1, -0.05) is 0 Å². The molecule has 1 rings (SSSR count). The molecule has 2 heteroatoms. The molecule has 2 N–H and O–H groups in total. The van der Waals surface area contributed by atoms with Crippen LogP contribution in [0.25, 0.3) is 0 Å². The molecule has 1 saturated heterocycles. The molecule has 1 atom stereocenters. The van der Waals surface area contributed by atoms with Crippen LogP contribution in [-0.4, -0.2) is 12.6 Å². The highest BCUT2D eigenvalue weighted by atomic mass is 16.5. The van der Waals surface area contributed by atoms with E-state index in [1.54, 1.807) is 0 Å². The summed E-state index contributed by atoms with van der Waals surface area (Å²) in [7, 11) is 0. The van der Waals surface area contributed by atoms with Crippen molar-refractivity contribution < 1.29 is 4.74 Å². The molecule has 1 heterocycles. The normalized spacial score (nSPS) is 26.6. The lowest BCUT2D eigenvalue weighted by Crippen LogP contribution is -2.34. The minimum absolute atomic E-state index is 0.147. The smallest absolute Gasteiger partial charge is 0.116 e. The molecule has 0 aliphatic carbocycles.